The van der Waals surface area contributed by atoms with Crippen molar-refractivity contribution in [2.75, 3.05) is 32.0 Å². The van der Waals surface area contributed by atoms with E-state index >= 15 is 0 Å². The first kappa shape index (κ1) is 24.4. The molecule has 0 amide bonds. The van der Waals surface area contributed by atoms with Crippen LogP contribution in [0.25, 0.3) is 11.3 Å². The van der Waals surface area contributed by atoms with Gasteiger partial charge in [0.05, 0.1) is 12.3 Å². The number of ether oxygens (including phenoxy) is 2. The van der Waals surface area contributed by atoms with Crippen LogP contribution in [0.2, 0.25) is 0 Å². The molecule has 3 heterocycles. The van der Waals surface area contributed by atoms with Crippen LogP contribution in [0.1, 0.15) is 64.1 Å². The van der Waals surface area contributed by atoms with Crippen LogP contribution < -0.4 is 10.5 Å². The monoisotopic (exact) mass is 493 g/mol. The highest BCUT2D eigenvalue weighted by molar-refractivity contribution is 5.65. The van der Waals surface area contributed by atoms with Crippen molar-refractivity contribution in [1.82, 2.24) is 19.7 Å². The molecule has 1 aliphatic heterocycles. The minimum Gasteiger partial charge on any atom is -0.402 e. The van der Waals surface area contributed by atoms with Crippen molar-refractivity contribution in [3.63, 3.8) is 0 Å². The summed E-state index contributed by atoms with van der Waals surface area (Å²) in [6, 6.07) is 4.11. The minimum absolute atomic E-state index is 0.0973. The number of nitrogens with two attached hydrogens (primary N) is 1. The van der Waals surface area contributed by atoms with E-state index in [0.717, 1.165) is 58.4 Å². The summed E-state index contributed by atoms with van der Waals surface area (Å²) in [7, 11) is 0. The van der Waals surface area contributed by atoms with Crippen LogP contribution in [0, 0.1) is 5.92 Å². The Kier molecular flexibility index (Phi) is 6.46. The van der Waals surface area contributed by atoms with E-state index in [1.54, 1.807) is 0 Å². The molecule has 2 aliphatic carbocycles. The summed E-state index contributed by atoms with van der Waals surface area (Å²) < 4.78 is 50.3. The summed E-state index contributed by atoms with van der Waals surface area (Å²) in [5.74, 6) is -0.198. The summed E-state index contributed by atoms with van der Waals surface area (Å²) in [4.78, 5) is 6.55. The number of rotatable bonds is 6. The molecule has 10 heteroatoms. The zero-order valence-electron chi connectivity index (χ0n) is 20.4. The summed E-state index contributed by atoms with van der Waals surface area (Å²) in [5.41, 5.74) is 8.00. The van der Waals surface area contributed by atoms with Crippen molar-refractivity contribution < 1.29 is 22.6 Å². The quantitative estimate of drug-likeness (QED) is 0.615. The third kappa shape index (κ3) is 4.87. The molecule has 4 atom stereocenters. The van der Waals surface area contributed by atoms with E-state index in [-0.39, 0.29) is 17.3 Å². The van der Waals surface area contributed by atoms with Gasteiger partial charge >= 0.3 is 6.36 Å². The van der Waals surface area contributed by atoms with Crippen molar-refractivity contribution in [2.45, 2.75) is 76.2 Å². The Morgan fingerprint density at radius 3 is 2.86 bits per heavy atom. The summed E-state index contributed by atoms with van der Waals surface area (Å²) in [5, 5.41) is 4.86. The number of nitrogen functional groups attached to an aromatic ring is 1. The molecule has 3 aliphatic rings. The molecule has 2 N–H and O–H groups in total. The first-order valence-corrected chi connectivity index (χ1v) is 12.6. The number of aromatic nitrogens is 3. The van der Waals surface area contributed by atoms with Gasteiger partial charge in [0.1, 0.15) is 0 Å². The van der Waals surface area contributed by atoms with Gasteiger partial charge in [-0.1, -0.05) is 6.92 Å². The highest BCUT2D eigenvalue weighted by Crippen LogP contribution is 2.63. The number of alkyl halides is 3. The minimum atomic E-state index is -4.84. The number of halogens is 3. The zero-order valence-corrected chi connectivity index (χ0v) is 20.4. The maximum atomic E-state index is 12.8. The molecule has 2 aromatic rings. The van der Waals surface area contributed by atoms with Crippen molar-refractivity contribution in [2.24, 2.45) is 5.92 Å². The van der Waals surface area contributed by atoms with Crippen molar-refractivity contribution in [3.05, 3.63) is 24.0 Å². The van der Waals surface area contributed by atoms with Gasteiger partial charge in [-0.15, -0.1) is 13.2 Å². The highest BCUT2D eigenvalue weighted by atomic mass is 19.4. The maximum absolute atomic E-state index is 12.8. The standard InChI is InChI=1S/C25H34F3N5O2/c1-3-16(2)33-22(13-20(31-33)17-11-21(23(29)30-15-17)35-25(26,27)28)24-6-5-19(12-18(24)14-24)32-7-4-9-34-10-8-32/h11,13,15-16,18-19H,3-10,12,14H2,1-2H3,(H2,29,30)/t16?,18-,19?,24?/m0/s1. The lowest BCUT2D eigenvalue weighted by molar-refractivity contribution is -0.274. The molecule has 3 fully saturated rings. The molecule has 3 unspecified atom stereocenters. The van der Waals surface area contributed by atoms with Gasteiger partial charge in [0.2, 0.25) is 0 Å². The van der Waals surface area contributed by atoms with E-state index in [2.05, 4.69) is 39.2 Å². The number of hydrogen-bond donors (Lipinski definition) is 1. The first-order chi connectivity index (χ1) is 16.7. The topological polar surface area (TPSA) is 78.4 Å². The predicted molar refractivity (Wildman–Crippen MR) is 126 cm³/mol. The number of nitrogens with zero attached hydrogens (tertiary/aromatic N) is 4. The number of hydrogen-bond acceptors (Lipinski definition) is 6. The average Bonchev–Trinajstić information content (AvgIpc) is 3.48. The molecule has 0 bridgehead atoms. The molecule has 192 valence electrons. The van der Waals surface area contributed by atoms with Gasteiger partial charge in [0, 0.05) is 54.6 Å². The number of pyridine rings is 1. The van der Waals surface area contributed by atoms with Gasteiger partial charge in [-0.3, -0.25) is 9.58 Å². The second-order valence-electron chi connectivity index (χ2n) is 10.3. The Hall–Kier alpha value is -2.33. The Labute approximate surface area is 203 Å². The Morgan fingerprint density at radius 2 is 2.11 bits per heavy atom. The maximum Gasteiger partial charge on any atom is 0.573 e. The molecule has 0 aromatic carbocycles. The lowest BCUT2D eigenvalue weighted by Crippen LogP contribution is -2.41. The zero-order chi connectivity index (χ0) is 24.8. The van der Waals surface area contributed by atoms with Gasteiger partial charge in [0.25, 0.3) is 0 Å². The fourth-order valence-corrected chi connectivity index (χ4v) is 5.99. The van der Waals surface area contributed by atoms with Gasteiger partial charge < -0.3 is 15.2 Å². The van der Waals surface area contributed by atoms with Crippen LogP contribution in [0.5, 0.6) is 5.75 Å². The second-order valence-corrected chi connectivity index (χ2v) is 10.3. The van der Waals surface area contributed by atoms with Gasteiger partial charge in [-0.25, -0.2) is 4.98 Å². The van der Waals surface area contributed by atoms with E-state index in [9.17, 15) is 13.2 Å². The van der Waals surface area contributed by atoms with Crippen LogP contribution in [-0.2, 0) is 10.2 Å². The molecule has 2 saturated carbocycles. The Balaban J connectivity index is 1.41. The largest absolute Gasteiger partial charge is 0.573 e. The van der Waals surface area contributed by atoms with Crippen LogP contribution in [0.15, 0.2) is 18.3 Å². The van der Waals surface area contributed by atoms with E-state index in [1.807, 2.05) is 0 Å². The molecular formula is C25H34F3N5O2. The number of fused-ring (bicyclic) bond motifs is 1. The molecule has 35 heavy (non-hydrogen) atoms. The second kappa shape index (κ2) is 9.28. The predicted octanol–water partition coefficient (Wildman–Crippen LogP) is 4.93. The van der Waals surface area contributed by atoms with E-state index in [1.165, 1.54) is 24.4 Å². The normalized spacial score (nSPS) is 28.3. The Morgan fingerprint density at radius 1 is 1.29 bits per heavy atom. The molecule has 7 nitrogen and oxygen atoms in total. The average molecular weight is 494 g/mol. The third-order valence-electron chi connectivity index (χ3n) is 8.14. The van der Waals surface area contributed by atoms with Crippen molar-refractivity contribution in [3.8, 4) is 17.0 Å². The first-order valence-electron chi connectivity index (χ1n) is 12.6. The molecule has 0 radical (unpaired) electrons. The van der Waals surface area contributed by atoms with Crippen LogP contribution in [-0.4, -0.2) is 58.4 Å². The van der Waals surface area contributed by atoms with Crippen LogP contribution in [0.4, 0.5) is 19.0 Å². The molecule has 2 aromatic heterocycles. The smallest absolute Gasteiger partial charge is 0.402 e. The summed E-state index contributed by atoms with van der Waals surface area (Å²) in [6.07, 6.45) is 3.18. The highest BCUT2D eigenvalue weighted by Gasteiger charge is 2.60. The molecule has 1 saturated heterocycles. The lowest BCUT2D eigenvalue weighted by atomic mass is 9.82. The lowest BCUT2D eigenvalue weighted by Gasteiger charge is -2.36. The SMILES string of the molecule is CCC(C)n1nc(-c2cnc(N)c(OC(F)(F)F)c2)cc1C12CCC(N3CCCOCC3)C[C@H]1C2. The van der Waals surface area contributed by atoms with E-state index in [0.29, 0.717) is 23.2 Å². The van der Waals surface area contributed by atoms with Crippen LogP contribution in [0.3, 0.4) is 0 Å². The fourth-order valence-electron chi connectivity index (χ4n) is 5.99. The van der Waals surface area contributed by atoms with Crippen molar-refractivity contribution in [1.29, 1.82) is 0 Å². The van der Waals surface area contributed by atoms with Crippen LogP contribution >= 0.6 is 0 Å². The summed E-state index contributed by atoms with van der Waals surface area (Å²) >= 11 is 0. The van der Waals surface area contributed by atoms with E-state index < -0.39 is 12.1 Å². The third-order valence-corrected chi connectivity index (χ3v) is 8.14. The molecule has 0 spiro atoms. The fraction of sp³-hybridized carbons (Fsp3) is 0.680. The van der Waals surface area contributed by atoms with Gasteiger partial charge in [-0.2, -0.15) is 5.10 Å². The molecule has 5 rings (SSSR count). The van der Waals surface area contributed by atoms with E-state index in [4.69, 9.17) is 15.6 Å². The molecular weight excluding hydrogens is 459 g/mol. The summed E-state index contributed by atoms with van der Waals surface area (Å²) in [6.45, 7) is 8.03. The van der Waals surface area contributed by atoms with Gasteiger partial charge in [0.15, 0.2) is 11.6 Å². The number of anilines is 1. The Bertz CT molecular complexity index is 1050. The van der Waals surface area contributed by atoms with Gasteiger partial charge in [-0.05, 0) is 63.5 Å². The van der Waals surface area contributed by atoms with Crippen molar-refractivity contribution >= 4 is 5.82 Å².